The van der Waals surface area contributed by atoms with Crippen molar-refractivity contribution in [2.75, 3.05) is 39.1 Å². The number of nitrogen functional groups attached to an aromatic ring is 1. The van der Waals surface area contributed by atoms with Crippen LogP contribution in [0.4, 0.5) is 10.1 Å². The number of benzene rings is 1. The molecule has 0 fully saturated rings. The van der Waals surface area contributed by atoms with Crippen LogP contribution in [0.15, 0.2) is 17.0 Å². The van der Waals surface area contributed by atoms with E-state index in [1.807, 2.05) is 0 Å². The quantitative estimate of drug-likeness (QED) is 0.709. The minimum atomic E-state index is -4.07. The van der Waals surface area contributed by atoms with Gasteiger partial charge in [0.25, 0.3) is 0 Å². The van der Waals surface area contributed by atoms with E-state index in [0.717, 1.165) is 10.4 Å². The van der Waals surface area contributed by atoms with Gasteiger partial charge in [0.1, 0.15) is 10.7 Å². The number of methoxy groups -OCH3 is 1. The molecule has 0 heterocycles. The van der Waals surface area contributed by atoms with E-state index in [-0.39, 0.29) is 37.6 Å². The summed E-state index contributed by atoms with van der Waals surface area (Å²) in [5.74, 6) is -0.834. The van der Waals surface area contributed by atoms with Crippen LogP contribution in [0.5, 0.6) is 0 Å². The van der Waals surface area contributed by atoms with Gasteiger partial charge in [0.05, 0.1) is 13.2 Å². The number of halogens is 1. The van der Waals surface area contributed by atoms with Crippen LogP contribution in [-0.2, 0) is 14.8 Å². The molecule has 1 aromatic rings. The molecule has 1 rings (SSSR count). The first-order chi connectivity index (χ1) is 9.34. The van der Waals surface area contributed by atoms with E-state index in [4.69, 9.17) is 15.6 Å². The van der Waals surface area contributed by atoms with Gasteiger partial charge < -0.3 is 15.6 Å². The fourth-order valence-corrected chi connectivity index (χ4v) is 3.34. The Morgan fingerprint density at radius 2 is 2.05 bits per heavy atom. The third-order valence-electron chi connectivity index (χ3n) is 2.76. The lowest BCUT2D eigenvalue weighted by Gasteiger charge is -2.21. The number of nitrogens with zero attached hydrogens (tertiary/aromatic N) is 1. The Kier molecular flexibility index (Phi) is 5.88. The van der Waals surface area contributed by atoms with Gasteiger partial charge in [-0.3, -0.25) is 0 Å². The Bertz CT molecular complexity index is 563. The zero-order chi connectivity index (χ0) is 15.3. The fraction of sp³-hybridized carbons (Fsp3) is 0.500. The van der Waals surface area contributed by atoms with Crippen LogP contribution >= 0.6 is 0 Å². The summed E-state index contributed by atoms with van der Waals surface area (Å²) in [6.07, 6.45) is 0. The Morgan fingerprint density at radius 1 is 1.40 bits per heavy atom. The molecule has 0 radical (unpaired) electrons. The van der Waals surface area contributed by atoms with E-state index < -0.39 is 20.7 Å². The van der Waals surface area contributed by atoms with Crippen molar-refractivity contribution < 1.29 is 22.7 Å². The molecule has 0 aliphatic rings. The molecule has 0 saturated heterocycles. The number of sulfonamides is 1. The van der Waals surface area contributed by atoms with Gasteiger partial charge in [-0.25, -0.2) is 12.8 Å². The highest BCUT2D eigenvalue weighted by Gasteiger charge is 2.28. The van der Waals surface area contributed by atoms with Gasteiger partial charge in [-0.05, 0) is 24.6 Å². The predicted molar refractivity (Wildman–Crippen MR) is 73.3 cm³/mol. The second-order valence-electron chi connectivity index (χ2n) is 4.27. The van der Waals surface area contributed by atoms with Crippen molar-refractivity contribution in [3.63, 3.8) is 0 Å². The highest BCUT2D eigenvalue weighted by atomic mass is 32.2. The lowest BCUT2D eigenvalue weighted by atomic mass is 10.2. The fourth-order valence-electron chi connectivity index (χ4n) is 1.75. The molecular formula is C12H19FN2O4S. The number of anilines is 1. The molecule has 0 amide bonds. The third kappa shape index (κ3) is 3.66. The van der Waals surface area contributed by atoms with Crippen molar-refractivity contribution >= 4 is 15.7 Å². The van der Waals surface area contributed by atoms with Gasteiger partial charge in [-0.1, -0.05) is 0 Å². The third-order valence-corrected chi connectivity index (χ3v) is 4.65. The molecule has 0 saturated carbocycles. The first kappa shape index (κ1) is 16.8. The molecule has 6 nitrogen and oxygen atoms in total. The lowest BCUT2D eigenvalue weighted by Crippen LogP contribution is -2.36. The van der Waals surface area contributed by atoms with Gasteiger partial charge in [0.2, 0.25) is 10.0 Å². The maximum absolute atomic E-state index is 14.0. The van der Waals surface area contributed by atoms with Crippen molar-refractivity contribution in [1.82, 2.24) is 4.31 Å². The number of hydrogen-bond donors (Lipinski definition) is 2. The van der Waals surface area contributed by atoms with Crippen LogP contribution in [0.25, 0.3) is 0 Å². The van der Waals surface area contributed by atoms with Gasteiger partial charge >= 0.3 is 0 Å². The average molecular weight is 306 g/mol. The second-order valence-corrected chi connectivity index (χ2v) is 6.18. The number of nitrogens with two attached hydrogens (primary N) is 1. The number of aliphatic hydroxyl groups excluding tert-OH is 1. The van der Waals surface area contributed by atoms with E-state index in [2.05, 4.69) is 0 Å². The molecule has 8 heteroatoms. The van der Waals surface area contributed by atoms with Crippen LogP contribution < -0.4 is 5.73 Å². The molecular weight excluding hydrogens is 287 g/mol. The van der Waals surface area contributed by atoms with Gasteiger partial charge in [-0.15, -0.1) is 0 Å². The standard InChI is InChI=1S/C12H19FN2O4S/c1-9-7-10(14)8-11(12(9)13)20(17,18)15(3-5-16)4-6-19-2/h7-8,16H,3-6,14H2,1-2H3. The molecule has 114 valence electrons. The van der Waals surface area contributed by atoms with Crippen LogP contribution in [0.1, 0.15) is 5.56 Å². The maximum atomic E-state index is 14.0. The number of aryl methyl sites for hydroxylation is 1. The van der Waals surface area contributed by atoms with Crippen molar-refractivity contribution in [2.45, 2.75) is 11.8 Å². The van der Waals surface area contributed by atoms with Crippen LogP contribution in [0.2, 0.25) is 0 Å². The highest BCUT2D eigenvalue weighted by molar-refractivity contribution is 7.89. The Hall–Kier alpha value is -1.22. The molecule has 0 bridgehead atoms. The van der Waals surface area contributed by atoms with Crippen molar-refractivity contribution in [1.29, 1.82) is 0 Å². The summed E-state index contributed by atoms with van der Waals surface area (Å²) >= 11 is 0. The molecule has 0 aliphatic heterocycles. The van der Waals surface area contributed by atoms with Crippen LogP contribution in [-0.4, -0.2) is 51.2 Å². The molecule has 1 aromatic carbocycles. The summed E-state index contributed by atoms with van der Waals surface area (Å²) in [7, 11) is -2.65. The number of rotatable bonds is 7. The minimum absolute atomic E-state index is 0.0205. The van der Waals surface area contributed by atoms with E-state index >= 15 is 0 Å². The number of hydrogen-bond acceptors (Lipinski definition) is 5. The van der Waals surface area contributed by atoms with Gasteiger partial charge in [0.15, 0.2) is 0 Å². The maximum Gasteiger partial charge on any atom is 0.246 e. The van der Waals surface area contributed by atoms with E-state index in [0.29, 0.717) is 0 Å². The second kappa shape index (κ2) is 6.98. The molecule has 20 heavy (non-hydrogen) atoms. The predicted octanol–water partition coefficient (Wildman–Crippen LogP) is 0.346. The highest BCUT2D eigenvalue weighted by Crippen LogP contribution is 2.24. The van der Waals surface area contributed by atoms with E-state index in [9.17, 15) is 12.8 Å². The van der Waals surface area contributed by atoms with E-state index in [1.165, 1.54) is 20.1 Å². The summed E-state index contributed by atoms with van der Waals surface area (Å²) in [4.78, 5) is -0.487. The average Bonchev–Trinajstić information content (AvgIpc) is 2.38. The van der Waals surface area contributed by atoms with Crippen molar-refractivity contribution in [3.05, 3.63) is 23.5 Å². The molecule has 0 aliphatic carbocycles. The number of ether oxygens (including phenoxy) is 1. The molecule has 3 N–H and O–H groups in total. The summed E-state index contributed by atoms with van der Waals surface area (Å²) in [5.41, 5.74) is 5.89. The Labute approximate surface area is 118 Å². The number of aliphatic hydroxyl groups is 1. The topological polar surface area (TPSA) is 92.9 Å². The molecule has 0 unspecified atom stereocenters. The lowest BCUT2D eigenvalue weighted by molar-refractivity contribution is 0.168. The van der Waals surface area contributed by atoms with Gasteiger partial charge in [0, 0.05) is 25.9 Å². The molecule has 0 atom stereocenters. The molecule has 0 spiro atoms. The zero-order valence-corrected chi connectivity index (χ0v) is 12.3. The summed E-state index contributed by atoms with van der Waals surface area (Å²) < 4.78 is 44.7. The largest absolute Gasteiger partial charge is 0.399 e. The van der Waals surface area contributed by atoms with E-state index in [1.54, 1.807) is 0 Å². The first-order valence-electron chi connectivity index (χ1n) is 6.00. The summed E-state index contributed by atoms with van der Waals surface area (Å²) in [5, 5.41) is 8.96. The molecule has 0 aromatic heterocycles. The summed E-state index contributed by atoms with van der Waals surface area (Å²) in [6, 6.07) is 2.44. The zero-order valence-electron chi connectivity index (χ0n) is 11.5. The SMILES string of the molecule is COCCN(CCO)S(=O)(=O)c1cc(N)cc(C)c1F. The van der Waals surface area contributed by atoms with Crippen LogP contribution in [0, 0.1) is 12.7 Å². The smallest absolute Gasteiger partial charge is 0.246 e. The minimum Gasteiger partial charge on any atom is -0.399 e. The monoisotopic (exact) mass is 306 g/mol. The summed E-state index contributed by atoms with van der Waals surface area (Å²) in [6.45, 7) is 1.09. The van der Waals surface area contributed by atoms with Gasteiger partial charge in [-0.2, -0.15) is 4.31 Å². The van der Waals surface area contributed by atoms with Crippen LogP contribution in [0.3, 0.4) is 0 Å². The Morgan fingerprint density at radius 3 is 2.60 bits per heavy atom. The normalized spacial score (nSPS) is 12.1. The van der Waals surface area contributed by atoms with Crippen molar-refractivity contribution in [3.8, 4) is 0 Å². The van der Waals surface area contributed by atoms with Crippen molar-refractivity contribution in [2.24, 2.45) is 0 Å². The Balaban J connectivity index is 3.25. The first-order valence-corrected chi connectivity index (χ1v) is 7.44.